The van der Waals surface area contributed by atoms with Crippen molar-refractivity contribution in [3.05, 3.63) is 88.1 Å². The fourth-order valence-electron chi connectivity index (χ4n) is 3.66. The second-order valence-corrected chi connectivity index (χ2v) is 8.59. The van der Waals surface area contributed by atoms with Gasteiger partial charge in [0, 0.05) is 42.1 Å². The predicted octanol–water partition coefficient (Wildman–Crippen LogP) is 5.14. The average molecular weight is 467 g/mol. The Morgan fingerprint density at radius 3 is 2.69 bits per heavy atom. The van der Waals surface area contributed by atoms with Gasteiger partial charge in [0.15, 0.2) is 5.82 Å². The van der Waals surface area contributed by atoms with Gasteiger partial charge >= 0.3 is 0 Å². The maximum absolute atomic E-state index is 13.1. The first kappa shape index (κ1) is 20.7. The highest BCUT2D eigenvalue weighted by atomic mass is 35.5. The van der Waals surface area contributed by atoms with E-state index in [-0.39, 0.29) is 11.8 Å². The topological polar surface area (TPSA) is 77.6 Å². The molecule has 0 saturated heterocycles. The third kappa shape index (κ3) is 4.40. The van der Waals surface area contributed by atoms with Crippen LogP contribution < -0.4 is 5.32 Å². The van der Waals surface area contributed by atoms with Crippen LogP contribution in [0.25, 0.3) is 5.69 Å². The van der Waals surface area contributed by atoms with Gasteiger partial charge in [-0.05, 0) is 55.2 Å². The molecule has 9 heteroatoms. The Balaban J connectivity index is 1.33. The van der Waals surface area contributed by atoms with Gasteiger partial charge in [0.1, 0.15) is 0 Å². The molecule has 0 aliphatic heterocycles. The molecule has 3 aromatic heterocycles. The first-order valence-electron chi connectivity index (χ1n) is 10.4. The number of benzene rings is 1. The molecule has 1 aliphatic rings. The van der Waals surface area contributed by atoms with E-state index in [1.165, 1.54) is 5.56 Å². The number of rotatable bonds is 7. The number of aryl methyl sites for hydroxylation is 2. The first-order valence-corrected chi connectivity index (χ1v) is 11.1. The van der Waals surface area contributed by atoms with Crippen LogP contribution in [0.1, 0.15) is 40.4 Å². The van der Waals surface area contributed by atoms with Gasteiger partial charge in [0.25, 0.3) is 5.91 Å². The highest BCUT2D eigenvalue weighted by molar-refractivity contribution is 6.35. The molecule has 4 aromatic rings. The van der Waals surface area contributed by atoms with Crippen molar-refractivity contribution in [2.24, 2.45) is 0 Å². The van der Waals surface area contributed by atoms with Crippen LogP contribution in [0.3, 0.4) is 0 Å². The van der Waals surface area contributed by atoms with Crippen LogP contribution in [0.15, 0.2) is 61.2 Å². The summed E-state index contributed by atoms with van der Waals surface area (Å²) >= 11 is 12.4. The van der Waals surface area contributed by atoms with E-state index in [4.69, 9.17) is 23.2 Å². The van der Waals surface area contributed by atoms with Crippen molar-refractivity contribution < 1.29 is 4.79 Å². The van der Waals surface area contributed by atoms with Crippen LogP contribution in [0.2, 0.25) is 10.0 Å². The molecule has 1 saturated carbocycles. The van der Waals surface area contributed by atoms with E-state index in [1.807, 2.05) is 29.1 Å². The van der Waals surface area contributed by atoms with E-state index in [1.54, 1.807) is 41.5 Å². The number of hydrogen-bond acceptors (Lipinski definition) is 4. The Kier molecular flexibility index (Phi) is 5.68. The van der Waals surface area contributed by atoms with Crippen molar-refractivity contribution >= 4 is 34.9 Å². The summed E-state index contributed by atoms with van der Waals surface area (Å²) in [5.41, 5.74) is 3.29. The number of carbonyl (C=O) groups excluding carboxylic acids is 1. The molecule has 0 bridgehead atoms. The monoisotopic (exact) mass is 466 g/mol. The number of pyridine rings is 1. The van der Waals surface area contributed by atoms with Crippen LogP contribution in [-0.2, 0) is 13.0 Å². The summed E-state index contributed by atoms with van der Waals surface area (Å²) in [5.74, 6) is 0.550. The van der Waals surface area contributed by atoms with Gasteiger partial charge in [0.2, 0.25) is 0 Å². The maximum Gasteiger partial charge on any atom is 0.260 e. The summed E-state index contributed by atoms with van der Waals surface area (Å²) in [6.07, 6.45) is 9.86. The van der Waals surface area contributed by atoms with Gasteiger partial charge in [0.05, 0.1) is 28.2 Å². The Morgan fingerprint density at radius 2 is 1.94 bits per heavy atom. The lowest BCUT2D eigenvalue weighted by Gasteiger charge is -2.10. The molecule has 1 fully saturated rings. The molecular formula is C23H20Cl2N6O. The Morgan fingerprint density at radius 1 is 1.12 bits per heavy atom. The summed E-state index contributed by atoms with van der Waals surface area (Å²) in [6.45, 7) is 0.709. The summed E-state index contributed by atoms with van der Waals surface area (Å²) in [6, 6.07) is 11.0. The van der Waals surface area contributed by atoms with E-state index < -0.39 is 0 Å². The predicted molar refractivity (Wildman–Crippen MR) is 124 cm³/mol. The number of amides is 1. The van der Waals surface area contributed by atoms with Crippen LogP contribution in [0.4, 0.5) is 5.82 Å². The third-order valence-corrected chi connectivity index (χ3v) is 5.95. The van der Waals surface area contributed by atoms with Gasteiger partial charge < -0.3 is 5.32 Å². The molecule has 0 radical (unpaired) electrons. The number of nitrogens with zero attached hydrogens (tertiary/aromatic N) is 5. The smallest absolute Gasteiger partial charge is 0.260 e. The zero-order chi connectivity index (χ0) is 22.1. The normalized spacial score (nSPS) is 13.3. The average Bonchev–Trinajstić information content (AvgIpc) is 3.37. The van der Waals surface area contributed by atoms with Crippen molar-refractivity contribution in [3.63, 3.8) is 0 Å². The number of halogens is 2. The van der Waals surface area contributed by atoms with Crippen molar-refractivity contribution in [2.45, 2.75) is 31.7 Å². The summed E-state index contributed by atoms with van der Waals surface area (Å²) in [7, 11) is 0. The molecule has 0 spiro atoms. The molecule has 1 amide bonds. The quantitative estimate of drug-likeness (QED) is 0.408. The lowest BCUT2D eigenvalue weighted by molar-refractivity contribution is 0.102. The minimum absolute atomic E-state index is 0.234. The van der Waals surface area contributed by atoms with Crippen molar-refractivity contribution in [2.75, 3.05) is 5.32 Å². The second-order valence-electron chi connectivity index (χ2n) is 7.75. The number of nitrogens with one attached hydrogen (secondary N) is 1. The number of anilines is 1. The fraction of sp³-hybridized carbons (Fsp3) is 0.217. The Hall–Kier alpha value is -3.16. The molecule has 0 atom stereocenters. The third-order valence-electron chi connectivity index (χ3n) is 5.41. The van der Waals surface area contributed by atoms with E-state index in [0.717, 1.165) is 25.0 Å². The molecule has 162 valence electrons. The first-order chi connectivity index (χ1) is 15.6. The lowest BCUT2D eigenvalue weighted by Crippen LogP contribution is -2.15. The molecule has 3 heterocycles. The van der Waals surface area contributed by atoms with Crippen LogP contribution in [0.5, 0.6) is 0 Å². The van der Waals surface area contributed by atoms with E-state index >= 15 is 0 Å². The number of carbonyl (C=O) groups is 1. The molecule has 32 heavy (non-hydrogen) atoms. The molecular weight excluding hydrogens is 447 g/mol. The highest BCUT2D eigenvalue weighted by Crippen LogP contribution is 2.43. The molecule has 0 unspecified atom stereocenters. The highest BCUT2D eigenvalue weighted by Gasteiger charge is 2.33. The molecule has 5 rings (SSSR count). The molecule has 1 aliphatic carbocycles. The Bertz CT molecular complexity index is 1260. The van der Waals surface area contributed by atoms with Gasteiger partial charge in [-0.2, -0.15) is 10.2 Å². The van der Waals surface area contributed by atoms with Gasteiger partial charge in [-0.3, -0.25) is 14.5 Å². The summed E-state index contributed by atoms with van der Waals surface area (Å²) < 4.78 is 3.56. The fourth-order valence-corrected chi connectivity index (χ4v) is 4.15. The molecule has 7 nitrogen and oxygen atoms in total. The minimum Gasteiger partial charge on any atom is -0.305 e. The van der Waals surface area contributed by atoms with Crippen molar-refractivity contribution in [3.8, 4) is 5.69 Å². The largest absolute Gasteiger partial charge is 0.305 e. The maximum atomic E-state index is 13.1. The van der Waals surface area contributed by atoms with Gasteiger partial charge in [-0.25, -0.2) is 4.68 Å². The molecule has 1 aromatic carbocycles. The van der Waals surface area contributed by atoms with Crippen LogP contribution in [0, 0.1) is 0 Å². The standard InChI is InChI=1S/C23H20Cl2N6O/c24-17-3-4-20(19(25)13-17)31-22(16-1-2-16)18(14-27-31)23(32)28-21-8-12-30(29-21)11-7-15-5-9-26-10-6-15/h3-6,8-10,12-14,16H,1-2,7,11H2,(H,28,29,32). The van der Waals surface area contributed by atoms with Gasteiger partial charge in [-0.15, -0.1) is 0 Å². The van der Waals surface area contributed by atoms with Crippen LogP contribution in [-0.4, -0.2) is 30.5 Å². The summed E-state index contributed by atoms with van der Waals surface area (Å²) in [4.78, 5) is 17.1. The lowest BCUT2D eigenvalue weighted by atomic mass is 10.1. The molecule has 1 N–H and O–H groups in total. The number of hydrogen-bond donors (Lipinski definition) is 1. The SMILES string of the molecule is O=C(Nc1ccn(CCc2ccncc2)n1)c1cnn(-c2ccc(Cl)cc2Cl)c1C1CC1. The van der Waals surface area contributed by atoms with Crippen molar-refractivity contribution in [1.29, 1.82) is 0 Å². The van der Waals surface area contributed by atoms with E-state index in [9.17, 15) is 4.79 Å². The zero-order valence-corrected chi connectivity index (χ0v) is 18.6. The van der Waals surface area contributed by atoms with Gasteiger partial charge in [-0.1, -0.05) is 23.2 Å². The van der Waals surface area contributed by atoms with Crippen molar-refractivity contribution in [1.82, 2.24) is 24.5 Å². The summed E-state index contributed by atoms with van der Waals surface area (Å²) in [5, 5.41) is 12.9. The second kappa shape index (κ2) is 8.76. The van der Waals surface area contributed by atoms with Crippen LogP contribution >= 0.6 is 23.2 Å². The Labute approximate surface area is 195 Å². The van der Waals surface area contributed by atoms with E-state index in [2.05, 4.69) is 20.5 Å². The van der Waals surface area contributed by atoms with E-state index in [0.29, 0.717) is 33.7 Å². The number of aromatic nitrogens is 5. The minimum atomic E-state index is -0.234. The zero-order valence-electron chi connectivity index (χ0n) is 17.1.